The number of ether oxygens (including phenoxy) is 1. The van der Waals surface area contributed by atoms with E-state index < -0.39 is 0 Å². The summed E-state index contributed by atoms with van der Waals surface area (Å²) in [4.78, 5) is 11.2. The molecule has 0 aliphatic rings. The van der Waals surface area contributed by atoms with E-state index in [4.69, 9.17) is 0 Å². The third kappa shape index (κ3) is 5.16. The Morgan fingerprint density at radius 3 is 1.95 bits per heavy atom. The van der Waals surface area contributed by atoms with E-state index in [1.54, 1.807) is 0 Å². The van der Waals surface area contributed by atoms with Gasteiger partial charge in [-0.05, 0) is 16.7 Å². The average molecular weight is 278 g/mol. The Morgan fingerprint density at radius 2 is 1.38 bits per heavy atom. The third-order valence-corrected chi connectivity index (χ3v) is 3.15. The van der Waals surface area contributed by atoms with Gasteiger partial charge in [-0.25, -0.2) is 0 Å². The minimum atomic E-state index is -0.217. The van der Waals surface area contributed by atoms with Gasteiger partial charge in [0, 0.05) is 12.8 Å². The molecular formula is C19H18O2. The molecule has 0 saturated heterocycles. The molecule has 0 atom stereocenters. The van der Waals surface area contributed by atoms with Gasteiger partial charge in [0.2, 0.25) is 0 Å². The van der Waals surface area contributed by atoms with Crippen LogP contribution in [0.5, 0.6) is 0 Å². The minimum absolute atomic E-state index is 0.217. The van der Waals surface area contributed by atoms with Gasteiger partial charge in [0.15, 0.2) is 0 Å². The van der Waals surface area contributed by atoms with E-state index >= 15 is 0 Å². The monoisotopic (exact) mass is 278 g/mol. The van der Waals surface area contributed by atoms with E-state index in [9.17, 15) is 4.79 Å². The second-order valence-electron chi connectivity index (χ2n) is 4.76. The van der Waals surface area contributed by atoms with Crippen LogP contribution in [0.1, 0.15) is 16.7 Å². The van der Waals surface area contributed by atoms with Crippen molar-refractivity contribution in [3.63, 3.8) is 0 Å². The zero-order valence-corrected chi connectivity index (χ0v) is 12.1. The van der Waals surface area contributed by atoms with E-state index in [-0.39, 0.29) is 5.97 Å². The van der Waals surface area contributed by atoms with E-state index in [2.05, 4.69) is 28.7 Å². The number of esters is 1. The highest BCUT2D eigenvalue weighted by Gasteiger charge is 2.01. The van der Waals surface area contributed by atoms with Crippen LogP contribution < -0.4 is 0 Å². The molecule has 0 saturated carbocycles. The molecule has 2 heteroatoms. The maximum Gasteiger partial charge on any atom is 0.309 e. The van der Waals surface area contributed by atoms with Crippen LogP contribution in [0.3, 0.4) is 0 Å². The number of carbonyl (C=O) groups is 1. The van der Waals surface area contributed by atoms with Crippen molar-refractivity contribution >= 4 is 5.97 Å². The molecule has 0 heterocycles. The molecule has 2 aromatic rings. The molecule has 0 aliphatic heterocycles. The summed E-state index contributed by atoms with van der Waals surface area (Å²) in [5.74, 6) is 6.14. The highest BCUT2D eigenvalue weighted by molar-refractivity contribution is 5.72. The van der Waals surface area contributed by atoms with Crippen molar-refractivity contribution in [3.05, 3.63) is 71.3 Å². The Kier molecular flexibility index (Phi) is 5.60. The first-order valence-electron chi connectivity index (χ1n) is 6.92. The van der Waals surface area contributed by atoms with E-state index in [1.807, 2.05) is 42.5 Å². The zero-order chi connectivity index (χ0) is 14.9. The van der Waals surface area contributed by atoms with Gasteiger partial charge in [-0.1, -0.05) is 66.4 Å². The smallest absolute Gasteiger partial charge is 0.309 e. The highest BCUT2D eigenvalue weighted by atomic mass is 16.5. The second-order valence-corrected chi connectivity index (χ2v) is 4.76. The molecule has 106 valence electrons. The Labute approximate surface area is 125 Å². The molecule has 21 heavy (non-hydrogen) atoms. The Balaban J connectivity index is 1.85. The SMILES string of the molecule is COC(=O)Cc1ccc(CC#CCc2ccccc2)cc1. The third-order valence-electron chi connectivity index (χ3n) is 3.15. The molecule has 0 aliphatic carbocycles. The van der Waals surface area contributed by atoms with Crippen molar-refractivity contribution in [2.75, 3.05) is 7.11 Å². The summed E-state index contributed by atoms with van der Waals surface area (Å²) in [6.45, 7) is 0. The molecule has 0 spiro atoms. The lowest BCUT2D eigenvalue weighted by atomic mass is 10.1. The number of carbonyl (C=O) groups excluding carboxylic acids is 1. The van der Waals surface area contributed by atoms with Crippen LogP contribution in [0.25, 0.3) is 0 Å². The normalized spacial score (nSPS) is 9.57. The molecule has 0 N–H and O–H groups in total. The number of benzene rings is 2. The van der Waals surface area contributed by atoms with Crippen LogP contribution in [0.2, 0.25) is 0 Å². The van der Waals surface area contributed by atoms with Crippen molar-refractivity contribution in [1.29, 1.82) is 0 Å². The summed E-state index contributed by atoms with van der Waals surface area (Å²) in [7, 11) is 1.40. The topological polar surface area (TPSA) is 26.3 Å². The fourth-order valence-corrected chi connectivity index (χ4v) is 1.94. The summed E-state index contributed by atoms with van der Waals surface area (Å²) in [6, 6.07) is 18.1. The van der Waals surface area contributed by atoms with Gasteiger partial charge >= 0.3 is 5.97 Å². The second kappa shape index (κ2) is 7.91. The van der Waals surface area contributed by atoms with Crippen molar-refractivity contribution < 1.29 is 9.53 Å². The fourth-order valence-electron chi connectivity index (χ4n) is 1.94. The van der Waals surface area contributed by atoms with Gasteiger partial charge in [-0.15, -0.1) is 0 Å². The maximum atomic E-state index is 11.2. The molecule has 0 unspecified atom stereocenters. The Hall–Kier alpha value is -2.53. The van der Waals surface area contributed by atoms with Crippen molar-refractivity contribution in [1.82, 2.24) is 0 Å². The molecule has 0 bridgehead atoms. The minimum Gasteiger partial charge on any atom is -0.469 e. The van der Waals surface area contributed by atoms with Crippen LogP contribution >= 0.6 is 0 Å². The standard InChI is InChI=1S/C19H18O2/c1-21-19(20)15-18-13-11-17(12-14-18)10-6-5-9-16-7-3-2-4-8-16/h2-4,7-8,11-14H,9-10,15H2,1H3. The van der Waals surface area contributed by atoms with Gasteiger partial charge in [0.1, 0.15) is 0 Å². The first-order valence-corrected chi connectivity index (χ1v) is 6.92. The summed E-state index contributed by atoms with van der Waals surface area (Å²) < 4.78 is 4.64. The van der Waals surface area contributed by atoms with Gasteiger partial charge in [0.25, 0.3) is 0 Å². The fraction of sp³-hybridized carbons (Fsp3) is 0.211. The zero-order valence-electron chi connectivity index (χ0n) is 12.1. The van der Waals surface area contributed by atoms with E-state index in [0.29, 0.717) is 6.42 Å². The molecule has 0 amide bonds. The van der Waals surface area contributed by atoms with Gasteiger partial charge in [-0.2, -0.15) is 0 Å². The molecule has 0 fully saturated rings. The summed E-state index contributed by atoms with van der Waals surface area (Å²) in [5, 5.41) is 0. The lowest BCUT2D eigenvalue weighted by molar-refractivity contribution is -0.139. The molecule has 0 radical (unpaired) electrons. The predicted octanol–water partition coefficient (Wildman–Crippen LogP) is 3.19. The van der Waals surface area contributed by atoms with Crippen LogP contribution in [-0.4, -0.2) is 13.1 Å². The lowest BCUT2D eigenvalue weighted by Crippen LogP contribution is -2.04. The number of methoxy groups -OCH3 is 1. The lowest BCUT2D eigenvalue weighted by Gasteiger charge is -2.01. The number of hydrogen-bond donors (Lipinski definition) is 0. The summed E-state index contributed by atoms with van der Waals surface area (Å²) >= 11 is 0. The Morgan fingerprint density at radius 1 is 0.857 bits per heavy atom. The molecule has 0 aromatic heterocycles. The van der Waals surface area contributed by atoms with Crippen LogP contribution in [0, 0.1) is 11.8 Å². The van der Waals surface area contributed by atoms with Gasteiger partial charge < -0.3 is 4.74 Å². The quantitative estimate of drug-likeness (QED) is 0.634. The van der Waals surface area contributed by atoms with Crippen LogP contribution in [-0.2, 0) is 28.8 Å². The van der Waals surface area contributed by atoms with Crippen LogP contribution in [0.15, 0.2) is 54.6 Å². The first kappa shape index (κ1) is 14.9. The van der Waals surface area contributed by atoms with Crippen LogP contribution in [0.4, 0.5) is 0 Å². The van der Waals surface area contributed by atoms with Gasteiger partial charge in [0.05, 0.1) is 13.5 Å². The van der Waals surface area contributed by atoms with Crippen molar-refractivity contribution in [2.24, 2.45) is 0 Å². The summed E-state index contributed by atoms with van der Waals surface area (Å²) in [5.41, 5.74) is 3.35. The molecule has 2 rings (SSSR count). The van der Waals surface area contributed by atoms with Crippen molar-refractivity contribution in [3.8, 4) is 11.8 Å². The average Bonchev–Trinajstić information content (AvgIpc) is 2.54. The molecule has 2 nitrogen and oxygen atoms in total. The van der Waals surface area contributed by atoms with E-state index in [0.717, 1.165) is 24.0 Å². The predicted molar refractivity (Wildman–Crippen MR) is 83.8 cm³/mol. The molecular weight excluding hydrogens is 260 g/mol. The van der Waals surface area contributed by atoms with Crippen molar-refractivity contribution in [2.45, 2.75) is 19.3 Å². The maximum absolute atomic E-state index is 11.2. The molecule has 2 aromatic carbocycles. The summed E-state index contributed by atoms with van der Waals surface area (Å²) in [6.07, 6.45) is 1.82. The van der Waals surface area contributed by atoms with Gasteiger partial charge in [-0.3, -0.25) is 4.79 Å². The number of rotatable bonds is 4. The Bertz CT molecular complexity index is 631. The number of hydrogen-bond acceptors (Lipinski definition) is 2. The van der Waals surface area contributed by atoms with E-state index in [1.165, 1.54) is 12.7 Å². The first-order chi connectivity index (χ1) is 10.3. The highest BCUT2D eigenvalue weighted by Crippen LogP contribution is 2.06. The largest absolute Gasteiger partial charge is 0.469 e.